The first-order valence-electron chi connectivity index (χ1n) is 6.21. The van der Waals surface area contributed by atoms with Gasteiger partial charge < -0.3 is 10.6 Å². The molecule has 0 fully saturated rings. The predicted molar refractivity (Wildman–Crippen MR) is 95.7 cm³/mol. The van der Waals surface area contributed by atoms with Gasteiger partial charge in [0.15, 0.2) is 5.11 Å². The number of halogens is 3. The molecule has 2 nitrogen and oxygen atoms in total. The van der Waals surface area contributed by atoms with Gasteiger partial charge in [0.25, 0.3) is 0 Å². The van der Waals surface area contributed by atoms with E-state index in [0.29, 0.717) is 26.7 Å². The van der Waals surface area contributed by atoms with Crippen LogP contribution in [0.3, 0.4) is 0 Å². The molecule has 0 spiro atoms. The molecule has 0 atom stereocenters. The molecule has 6 heteroatoms. The van der Waals surface area contributed by atoms with Crippen molar-refractivity contribution >= 4 is 57.8 Å². The fraction of sp³-hybridized carbons (Fsp3) is 0.133. The third kappa shape index (κ3) is 4.48. The van der Waals surface area contributed by atoms with Gasteiger partial charge in [0.1, 0.15) is 0 Å². The molecule has 0 saturated heterocycles. The zero-order valence-corrected chi connectivity index (χ0v) is 14.3. The van der Waals surface area contributed by atoms with Crippen LogP contribution < -0.4 is 10.6 Å². The third-order valence-electron chi connectivity index (χ3n) is 2.95. The Morgan fingerprint density at radius 3 is 2.52 bits per heavy atom. The van der Waals surface area contributed by atoms with E-state index in [1.165, 1.54) is 0 Å². The molecule has 0 unspecified atom stereocenters. The van der Waals surface area contributed by atoms with Gasteiger partial charge in [0, 0.05) is 17.3 Å². The monoisotopic (exact) mass is 358 g/mol. The van der Waals surface area contributed by atoms with E-state index in [0.717, 1.165) is 16.8 Å². The summed E-state index contributed by atoms with van der Waals surface area (Å²) in [4.78, 5) is 0. The second-order valence-corrected chi connectivity index (χ2v) is 6.10. The van der Waals surface area contributed by atoms with Crippen molar-refractivity contribution in [2.75, 3.05) is 5.32 Å². The van der Waals surface area contributed by atoms with Gasteiger partial charge in [-0.05, 0) is 54.5 Å². The molecule has 2 aromatic carbocycles. The second-order valence-electron chi connectivity index (χ2n) is 4.47. The van der Waals surface area contributed by atoms with Gasteiger partial charge in [-0.2, -0.15) is 0 Å². The minimum absolute atomic E-state index is 0.520. The maximum absolute atomic E-state index is 6.07. The van der Waals surface area contributed by atoms with E-state index in [1.54, 1.807) is 6.07 Å². The van der Waals surface area contributed by atoms with Crippen LogP contribution in [0.4, 0.5) is 5.69 Å². The quantitative estimate of drug-likeness (QED) is 0.713. The maximum Gasteiger partial charge on any atom is 0.171 e. The Labute approximate surface area is 144 Å². The number of anilines is 1. The van der Waals surface area contributed by atoms with E-state index < -0.39 is 0 Å². The Morgan fingerprint density at radius 2 is 1.81 bits per heavy atom. The first-order valence-corrected chi connectivity index (χ1v) is 7.75. The van der Waals surface area contributed by atoms with Crippen LogP contribution in [0.1, 0.15) is 11.1 Å². The van der Waals surface area contributed by atoms with Crippen LogP contribution in [-0.2, 0) is 6.54 Å². The standard InChI is InChI=1S/C15H13Cl3N2S/c1-9-11(16)3-2-4-14(9)20-15(21)19-8-10-5-6-12(17)13(18)7-10/h2-7H,8H2,1H3,(H2,19,20,21). The Balaban J connectivity index is 1.96. The number of benzene rings is 2. The highest BCUT2D eigenvalue weighted by atomic mass is 35.5. The van der Waals surface area contributed by atoms with E-state index in [4.69, 9.17) is 47.0 Å². The number of hydrogen-bond acceptors (Lipinski definition) is 1. The maximum atomic E-state index is 6.07. The molecule has 21 heavy (non-hydrogen) atoms. The van der Waals surface area contributed by atoms with Crippen LogP contribution in [0.5, 0.6) is 0 Å². The minimum atomic E-state index is 0.520. The SMILES string of the molecule is Cc1c(Cl)cccc1NC(=S)NCc1ccc(Cl)c(Cl)c1. The number of hydrogen-bond donors (Lipinski definition) is 2. The highest BCUT2D eigenvalue weighted by molar-refractivity contribution is 7.80. The molecule has 0 aliphatic rings. The Morgan fingerprint density at radius 1 is 1.05 bits per heavy atom. The van der Waals surface area contributed by atoms with Gasteiger partial charge in [-0.25, -0.2) is 0 Å². The fourth-order valence-electron chi connectivity index (χ4n) is 1.74. The fourth-order valence-corrected chi connectivity index (χ4v) is 2.42. The zero-order valence-electron chi connectivity index (χ0n) is 11.2. The van der Waals surface area contributed by atoms with Crippen LogP contribution >= 0.6 is 47.0 Å². The summed E-state index contributed by atoms with van der Waals surface area (Å²) in [7, 11) is 0. The smallest absolute Gasteiger partial charge is 0.171 e. The van der Waals surface area contributed by atoms with Gasteiger partial charge in [0.05, 0.1) is 10.0 Å². The summed E-state index contributed by atoms with van der Waals surface area (Å²) in [5.41, 5.74) is 2.84. The summed E-state index contributed by atoms with van der Waals surface area (Å²) in [5.74, 6) is 0. The van der Waals surface area contributed by atoms with Crippen molar-refractivity contribution < 1.29 is 0 Å². The Hall–Kier alpha value is -1.000. The molecular weight excluding hydrogens is 347 g/mol. The van der Waals surface area contributed by atoms with E-state index in [9.17, 15) is 0 Å². The third-order valence-corrected chi connectivity index (χ3v) is 4.35. The lowest BCUT2D eigenvalue weighted by atomic mass is 10.2. The van der Waals surface area contributed by atoms with Crippen LogP contribution in [-0.4, -0.2) is 5.11 Å². The summed E-state index contributed by atoms with van der Waals surface area (Å²) in [6.45, 7) is 2.49. The summed E-state index contributed by atoms with van der Waals surface area (Å²) in [5, 5.41) is 8.53. The average molecular weight is 360 g/mol. The van der Waals surface area contributed by atoms with Gasteiger partial charge >= 0.3 is 0 Å². The Kier molecular flexibility index (Phi) is 5.71. The molecule has 0 amide bonds. The minimum Gasteiger partial charge on any atom is -0.358 e. The van der Waals surface area contributed by atoms with Crippen molar-refractivity contribution in [1.29, 1.82) is 0 Å². The largest absolute Gasteiger partial charge is 0.358 e. The number of rotatable bonds is 3. The molecule has 0 radical (unpaired) electrons. The average Bonchev–Trinajstić information content (AvgIpc) is 2.45. The van der Waals surface area contributed by atoms with Crippen LogP contribution in [0.15, 0.2) is 36.4 Å². The molecule has 0 bridgehead atoms. The summed E-state index contributed by atoms with van der Waals surface area (Å²) < 4.78 is 0. The summed E-state index contributed by atoms with van der Waals surface area (Å²) in [6.07, 6.45) is 0. The van der Waals surface area contributed by atoms with Crippen LogP contribution in [0.2, 0.25) is 15.1 Å². The van der Waals surface area contributed by atoms with E-state index in [2.05, 4.69) is 10.6 Å². The normalized spacial score (nSPS) is 10.3. The van der Waals surface area contributed by atoms with Gasteiger partial charge in [-0.15, -0.1) is 0 Å². The molecule has 0 aliphatic heterocycles. The van der Waals surface area contributed by atoms with E-state index in [1.807, 2.05) is 37.3 Å². The Bertz CT molecular complexity index is 674. The number of thiocarbonyl (C=S) groups is 1. The van der Waals surface area contributed by atoms with Crippen LogP contribution in [0.25, 0.3) is 0 Å². The lowest BCUT2D eigenvalue weighted by molar-refractivity contribution is 0.926. The van der Waals surface area contributed by atoms with Gasteiger partial charge in [-0.3, -0.25) is 0 Å². The van der Waals surface area contributed by atoms with E-state index in [-0.39, 0.29) is 0 Å². The molecule has 2 rings (SSSR count). The molecular formula is C15H13Cl3N2S. The molecule has 110 valence electrons. The van der Waals surface area contributed by atoms with Crippen molar-refractivity contribution in [3.05, 3.63) is 62.6 Å². The lowest BCUT2D eigenvalue weighted by Crippen LogP contribution is -2.28. The molecule has 2 N–H and O–H groups in total. The van der Waals surface area contributed by atoms with Crippen molar-refractivity contribution in [2.45, 2.75) is 13.5 Å². The first-order chi connectivity index (χ1) is 9.97. The second kappa shape index (κ2) is 7.32. The highest BCUT2D eigenvalue weighted by Crippen LogP contribution is 2.23. The highest BCUT2D eigenvalue weighted by Gasteiger charge is 2.04. The zero-order chi connectivity index (χ0) is 15.4. The lowest BCUT2D eigenvalue weighted by Gasteiger charge is -2.13. The molecule has 0 aromatic heterocycles. The summed E-state index contributed by atoms with van der Waals surface area (Å²) in [6, 6.07) is 11.1. The molecule has 0 saturated carbocycles. The van der Waals surface area contributed by atoms with Gasteiger partial charge in [0.2, 0.25) is 0 Å². The molecule has 0 aliphatic carbocycles. The molecule has 0 heterocycles. The molecule has 2 aromatic rings. The van der Waals surface area contributed by atoms with Crippen molar-refractivity contribution in [2.24, 2.45) is 0 Å². The van der Waals surface area contributed by atoms with Crippen molar-refractivity contribution in [1.82, 2.24) is 5.32 Å². The first kappa shape index (κ1) is 16.4. The predicted octanol–water partition coefficient (Wildman–Crippen LogP) is 5.44. The topological polar surface area (TPSA) is 24.1 Å². The van der Waals surface area contributed by atoms with Crippen LogP contribution in [0, 0.1) is 6.92 Å². The summed E-state index contributed by atoms with van der Waals surface area (Å²) >= 11 is 23.2. The van der Waals surface area contributed by atoms with Gasteiger partial charge in [-0.1, -0.05) is 46.9 Å². The van der Waals surface area contributed by atoms with Crippen molar-refractivity contribution in [3.8, 4) is 0 Å². The number of nitrogens with one attached hydrogen (secondary N) is 2. The van der Waals surface area contributed by atoms with Crippen molar-refractivity contribution in [3.63, 3.8) is 0 Å². The van der Waals surface area contributed by atoms with E-state index >= 15 is 0 Å².